The maximum Gasteiger partial charge on any atom is 0.338 e. The molecular weight excluding hydrogens is 380 g/mol. The van der Waals surface area contributed by atoms with E-state index in [1.165, 1.54) is 24.3 Å². The average molecular weight is 399 g/mol. The first kappa shape index (κ1) is 19.6. The Hall–Kier alpha value is -3.12. The van der Waals surface area contributed by atoms with Crippen LogP contribution in [0.2, 0.25) is 0 Å². The number of benzene rings is 2. The summed E-state index contributed by atoms with van der Waals surface area (Å²) in [6.07, 6.45) is 0.724. The third-order valence-corrected chi connectivity index (χ3v) is 4.58. The van der Waals surface area contributed by atoms with Gasteiger partial charge in [0, 0.05) is 5.69 Å². The second-order valence-corrected chi connectivity index (χ2v) is 6.64. The van der Waals surface area contributed by atoms with Crippen LogP contribution in [-0.2, 0) is 14.3 Å². The van der Waals surface area contributed by atoms with Crippen molar-refractivity contribution in [1.82, 2.24) is 0 Å². The third-order valence-electron chi connectivity index (χ3n) is 4.23. The molecule has 0 fully saturated rings. The predicted molar refractivity (Wildman–Crippen MR) is 107 cm³/mol. The highest BCUT2D eigenvalue weighted by Crippen LogP contribution is 2.31. The predicted octanol–water partition coefficient (Wildman–Crippen LogP) is 4.00. The highest BCUT2D eigenvalue weighted by Gasteiger charge is 2.39. The van der Waals surface area contributed by atoms with Crippen molar-refractivity contribution < 1.29 is 19.1 Å². The number of amides is 2. The zero-order chi connectivity index (χ0) is 20.3. The van der Waals surface area contributed by atoms with Gasteiger partial charge in [-0.25, -0.2) is 9.69 Å². The second kappa shape index (κ2) is 8.27. The Kier molecular flexibility index (Phi) is 5.80. The fourth-order valence-electron chi connectivity index (χ4n) is 2.72. The van der Waals surface area contributed by atoms with E-state index < -0.39 is 17.8 Å². The molecule has 28 heavy (non-hydrogen) atoms. The lowest BCUT2D eigenvalue weighted by Gasteiger charge is -2.16. The van der Waals surface area contributed by atoms with E-state index in [0.717, 1.165) is 16.9 Å². The summed E-state index contributed by atoms with van der Waals surface area (Å²) >= 11 is 6.14. The number of hydrogen-bond donors (Lipinski definition) is 1. The van der Waals surface area contributed by atoms with Gasteiger partial charge in [-0.3, -0.25) is 9.59 Å². The maximum absolute atomic E-state index is 12.8. The molecule has 0 saturated carbocycles. The molecule has 1 aliphatic rings. The number of esters is 1. The first-order valence-corrected chi connectivity index (χ1v) is 9.20. The van der Waals surface area contributed by atoms with Gasteiger partial charge in [0.05, 0.1) is 17.9 Å². The monoisotopic (exact) mass is 398 g/mol. The summed E-state index contributed by atoms with van der Waals surface area (Å²) in [6.45, 7) is 4.11. The molecule has 144 valence electrons. The van der Waals surface area contributed by atoms with Crippen molar-refractivity contribution in [2.24, 2.45) is 0 Å². The summed E-state index contributed by atoms with van der Waals surface area (Å²) in [5.41, 5.74) is 2.28. The van der Waals surface area contributed by atoms with Crippen LogP contribution in [0.3, 0.4) is 0 Å². The van der Waals surface area contributed by atoms with E-state index in [1.54, 1.807) is 6.07 Å². The number of carbonyl (C=O) groups is 3. The molecule has 7 heteroatoms. The van der Waals surface area contributed by atoms with Gasteiger partial charge in [0.2, 0.25) is 0 Å². The summed E-state index contributed by atoms with van der Waals surface area (Å²) in [5.74, 6) is -1.63. The Morgan fingerprint density at radius 3 is 2.39 bits per heavy atom. The molecule has 0 aliphatic carbocycles. The Morgan fingerprint density at radius 1 is 1.07 bits per heavy atom. The molecule has 2 aromatic carbocycles. The zero-order valence-corrected chi connectivity index (χ0v) is 16.2. The van der Waals surface area contributed by atoms with Crippen LogP contribution >= 0.6 is 11.6 Å². The molecular formula is C21H19ClN2O4. The third kappa shape index (κ3) is 3.77. The van der Waals surface area contributed by atoms with Gasteiger partial charge in [-0.2, -0.15) is 0 Å². The second-order valence-electron chi connectivity index (χ2n) is 6.26. The van der Waals surface area contributed by atoms with Crippen molar-refractivity contribution >= 4 is 40.8 Å². The molecule has 1 aliphatic heterocycles. The molecule has 6 nitrogen and oxygen atoms in total. The van der Waals surface area contributed by atoms with Crippen LogP contribution in [-0.4, -0.2) is 24.4 Å². The number of nitrogens with one attached hydrogen (secondary N) is 1. The fourth-order valence-corrected chi connectivity index (χ4v) is 2.93. The topological polar surface area (TPSA) is 75.7 Å². The molecule has 0 unspecified atom stereocenters. The van der Waals surface area contributed by atoms with Crippen LogP contribution in [0.4, 0.5) is 11.4 Å². The quantitative estimate of drug-likeness (QED) is 0.588. The van der Waals surface area contributed by atoms with Crippen molar-refractivity contribution in [3.8, 4) is 0 Å². The molecule has 0 aromatic heterocycles. The van der Waals surface area contributed by atoms with Gasteiger partial charge in [0.1, 0.15) is 10.7 Å². The molecule has 2 aromatic rings. The normalized spacial score (nSPS) is 13.9. The number of aryl methyl sites for hydroxylation is 1. The summed E-state index contributed by atoms with van der Waals surface area (Å²) in [7, 11) is 0. The van der Waals surface area contributed by atoms with E-state index in [0.29, 0.717) is 23.5 Å². The molecule has 1 heterocycles. The van der Waals surface area contributed by atoms with Gasteiger partial charge in [0.25, 0.3) is 11.8 Å². The number of ether oxygens (including phenoxy) is 1. The summed E-state index contributed by atoms with van der Waals surface area (Å²) in [6, 6.07) is 13.4. The van der Waals surface area contributed by atoms with Gasteiger partial charge >= 0.3 is 5.97 Å². The van der Waals surface area contributed by atoms with E-state index >= 15 is 0 Å². The van der Waals surface area contributed by atoms with E-state index in [9.17, 15) is 14.4 Å². The maximum atomic E-state index is 12.8. The summed E-state index contributed by atoms with van der Waals surface area (Å²) in [5, 5.41) is 2.77. The highest BCUT2D eigenvalue weighted by atomic mass is 35.5. The van der Waals surface area contributed by atoms with Crippen molar-refractivity contribution in [3.63, 3.8) is 0 Å². The molecule has 2 amide bonds. The largest absolute Gasteiger partial charge is 0.462 e. The van der Waals surface area contributed by atoms with Gasteiger partial charge in [-0.05, 0) is 49.2 Å². The Labute approximate surface area is 167 Å². The molecule has 0 atom stereocenters. The minimum absolute atomic E-state index is 0.0207. The van der Waals surface area contributed by atoms with Crippen LogP contribution in [0.1, 0.15) is 29.3 Å². The first-order chi connectivity index (χ1) is 13.4. The number of hydrogen-bond acceptors (Lipinski definition) is 5. The lowest BCUT2D eigenvalue weighted by molar-refractivity contribution is -0.120. The summed E-state index contributed by atoms with van der Waals surface area (Å²) in [4.78, 5) is 38.2. The smallest absolute Gasteiger partial charge is 0.338 e. The van der Waals surface area contributed by atoms with Crippen LogP contribution in [0.5, 0.6) is 0 Å². The van der Waals surface area contributed by atoms with Crippen molar-refractivity contribution in [2.45, 2.75) is 20.3 Å². The molecule has 0 saturated heterocycles. The summed E-state index contributed by atoms with van der Waals surface area (Å²) < 4.78 is 5.07. The Balaban J connectivity index is 1.81. The van der Waals surface area contributed by atoms with Crippen molar-refractivity contribution in [3.05, 3.63) is 70.4 Å². The lowest BCUT2D eigenvalue weighted by Crippen LogP contribution is -2.32. The van der Waals surface area contributed by atoms with Gasteiger partial charge < -0.3 is 10.1 Å². The number of anilines is 2. The van der Waals surface area contributed by atoms with Crippen LogP contribution in [0.25, 0.3) is 0 Å². The highest BCUT2D eigenvalue weighted by molar-refractivity contribution is 6.53. The number of para-hydroxylation sites is 1. The van der Waals surface area contributed by atoms with Gasteiger partial charge in [-0.1, -0.05) is 36.7 Å². The number of halogens is 1. The number of nitrogens with zero attached hydrogens (tertiary/aromatic N) is 1. The minimum Gasteiger partial charge on any atom is -0.462 e. The van der Waals surface area contributed by atoms with Gasteiger partial charge in [-0.15, -0.1) is 0 Å². The zero-order valence-electron chi connectivity index (χ0n) is 15.5. The van der Waals surface area contributed by atoms with E-state index in [1.807, 2.05) is 32.0 Å². The van der Waals surface area contributed by atoms with Crippen LogP contribution in [0, 0.1) is 6.92 Å². The molecule has 1 N–H and O–H groups in total. The average Bonchev–Trinajstić information content (AvgIpc) is 2.91. The van der Waals surface area contributed by atoms with Gasteiger partial charge in [0.15, 0.2) is 0 Å². The number of imide groups is 1. The standard InChI is InChI=1S/C21H19ClN2O4/c1-3-12-28-21(27)14-8-10-15(11-9-14)24-19(25)17(22)18(20(24)26)23-16-7-5-4-6-13(16)2/h4-11,23H,3,12H2,1-2H3. The Bertz CT molecular complexity index is 967. The van der Waals surface area contributed by atoms with E-state index in [-0.39, 0.29) is 10.7 Å². The van der Waals surface area contributed by atoms with Crippen molar-refractivity contribution in [2.75, 3.05) is 16.8 Å². The Morgan fingerprint density at radius 2 is 1.75 bits per heavy atom. The van der Waals surface area contributed by atoms with Crippen LogP contribution in [0.15, 0.2) is 59.3 Å². The molecule has 0 bridgehead atoms. The van der Waals surface area contributed by atoms with E-state index in [4.69, 9.17) is 16.3 Å². The molecule has 3 rings (SSSR count). The van der Waals surface area contributed by atoms with E-state index in [2.05, 4.69) is 5.32 Å². The lowest BCUT2D eigenvalue weighted by atomic mass is 10.2. The van der Waals surface area contributed by atoms with Crippen molar-refractivity contribution in [1.29, 1.82) is 0 Å². The fraction of sp³-hybridized carbons (Fsp3) is 0.190. The molecule has 0 radical (unpaired) electrons. The first-order valence-electron chi connectivity index (χ1n) is 8.82. The SMILES string of the molecule is CCCOC(=O)c1ccc(N2C(=O)C(Cl)=C(Nc3ccccc3C)C2=O)cc1. The number of carbonyl (C=O) groups excluding carboxylic acids is 3. The minimum atomic E-state index is -0.621. The number of rotatable bonds is 6. The van der Waals surface area contributed by atoms with Crippen LogP contribution < -0.4 is 10.2 Å². The molecule has 0 spiro atoms.